The number of aryl methyl sites for hydroxylation is 1. The Bertz CT molecular complexity index is 252. The Morgan fingerprint density at radius 3 is 2.46 bits per heavy atom. The SMILES string of the molecule is Cc1ccc(C(Br)CCC(C)C)s1. The van der Waals surface area contributed by atoms with Gasteiger partial charge in [0.15, 0.2) is 0 Å². The van der Waals surface area contributed by atoms with Crippen molar-refractivity contribution in [1.29, 1.82) is 0 Å². The first-order valence-electron chi connectivity index (χ1n) is 4.80. The zero-order valence-electron chi connectivity index (χ0n) is 8.51. The topological polar surface area (TPSA) is 0 Å². The summed E-state index contributed by atoms with van der Waals surface area (Å²) in [4.78, 5) is 3.44. The summed E-state index contributed by atoms with van der Waals surface area (Å²) >= 11 is 5.64. The first-order valence-corrected chi connectivity index (χ1v) is 6.53. The Morgan fingerprint density at radius 2 is 2.00 bits per heavy atom. The molecule has 1 aromatic rings. The van der Waals surface area contributed by atoms with E-state index in [1.165, 1.54) is 22.6 Å². The van der Waals surface area contributed by atoms with Crippen LogP contribution in [-0.4, -0.2) is 0 Å². The minimum absolute atomic E-state index is 0.564. The van der Waals surface area contributed by atoms with Crippen LogP contribution in [0, 0.1) is 12.8 Å². The maximum absolute atomic E-state index is 3.74. The van der Waals surface area contributed by atoms with Crippen molar-refractivity contribution < 1.29 is 0 Å². The number of thiophene rings is 1. The average Bonchev–Trinajstić information content (AvgIpc) is 2.47. The molecule has 0 bridgehead atoms. The molecule has 0 aromatic carbocycles. The lowest BCUT2D eigenvalue weighted by molar-refractivity contribution is 0.556. The van der Waals surface area contributed by atoms with Crippen molar-refractivity contribution in [3.8, 4) is 0 Å². The van der Waals surface area contributed by atoms with E-state index in [1.54, 1.807) is 0 Å². The minimum atomic E-state index is 0.564. The Labute approximate surface area is 93.5 Å². The smallest absolute Gasteiger partial charge is 0.0489 e. The highest BCUT2D eigenvalue weighted by Crippen LogP contribution is 2.33. The molecule has 2 heteroatoms. The maximum Gasteiger partial charge on any atom is 0.0489 e. The third-order valence-electron chi connectivity index (χ3n) is 2.07. The molecule has 1 atom stereocenters. The quantitative estimate of drug-likeness (QED) is 0.674. The fraction of sp³-hybridized carbons (Fsp3) is 0.636. The lowest BCUT2D eigenvalue weighted by Gasteiger charge is -2.09. The monoisotopic (exact) mass is 260 g/mol. The summed E-state index contributed by atoms with van der Waals surface area (Å²) in [6.07, 6.45) is 2.55. The molecule has 0 amide bonds. The molecule has 0 aliphatic carbocycles. The largest absolute Gasteiger partial charge is 0.145 e. The number of alkyl halides is 1. The Balaban J connectivity index is 2.44. The minimum Gasteiger partial charge on any atom is -0.145 e. The van der Waals surface area contributed by atoms with Gasteiger partial charge in [-0.05, 0) is 37.8 Å². The first kappa shape index (κ1) is 11.3. The summed E-state index contributed by atoms with van der Waals surface area (Å²) in [6, 6.07) is 4.43. The number of hydrogen-bond acceptors (Lipinski definition) is 1. The van der Waals surface area contributed by atoms with Gasteiger partial charge in [-0.25, -0.2) is 0 Å². The molecule has 0 saturated carbocycles. The van der Waals surface area contributed by atoms with E-state index in [2.05, 4.69) is 48.8 Å². The van der Waals surface area contributed by atoms with Crippen LogP contribution in [0.5, 0.6) is 0 Å². The molecule has 74 valence electrons. The third kappa shape index (κ3) is 3.82. The summed E-state index contributed by atoms with van der Waals surface area (Å²) in [7, 11) is 0. The maximum atomic E-state index is 3.74. The van der Waals surface area contributed by atoms with Crippen molar-refractivity contribution in [2.45, 2.75) is 38.4 Å². The molecule has 0 radical (unpaired) electrons. The molecule has 1 rings (SSSR count). The normalized spacial score (nSPS) is 13.6. The number of halogens is 1. The molecule has 1 aromatic heterocycles. The van der Waals surface area contributed by atoms with E-state index in [4.69, 9.17) is 0 Å². The molecule has 0 nitrogen and oxygen atoms in total. The Hall–Kier alpha value is 0.180. The summed E-state index contributed by atoms with van der Waals surface area (Å²) < 4.78 is 0. The molecule has 0 N–H and O–H groups in total. The molecule has 0 spiro atoms. The predicted octanol–water partition coefficient (Wildman–Crippen LogP) is 4.93. The number of rotatable bonds is 4. The van der Waals surface area contributed by atoms with E-state index in [9.17, 15) is 0 Å². The van der Waals surface area contributed by atoms with Gasteiger partial charge in [0, 0.05) is 14.6 Å². The van der Waals surface area contributed by atoms with Crippen LogP contribution in [0.25, 0.3) is 0 Å². The van der Waals surface area contributed by atoms with Crippen LogP contribution >= 0.6 is 27.3 Å². The highest BCUT2D eigenvalue weighted by atomic mass is 79.9. The summed E-state index contributed by atoms with van der Waals surface area (Å²) in [5.74, 6) is 0.807. The lowest BCUT2D eigenvalue weighted by atomic mass is 10.1. The zero-order chi connectivity index (χ0) is 9.84. The van der Waals surface area contributed by atoms with Crippen molar-refractivity contribution >= 4 is 27.3 Å². The number of hydrogen-bond donors (Lipinski definition) is 0. The fourth-order valence-electron chi connectivity index (χ4n) is 1.24. The van der Waals surface area contributed by atoms with E-state index >= 15 is 0 Å². The van der Waals surface area contributed by atoms with Gasteiger partial charge in [0.2, 0.25) is 0 Å². The van der Waals surface area contributed by atoms with Gasteiger partial charge >= 0.3 is 0 Å². The van der Waals surface area contributed by atoms with Crippen molar-refractivity contribution in [1.82, 2.24) is 0 Å². The molecule has 1 heterocycles. The van der Waals surface area contributed by atoms with Gasteiger partial charge in [0.1, 0.15) is 0 Å². The molecule has 0 aliphatic rings. The molecule has 13 heavy (non-hydrogen) atoms. The fourth-order valence-corrected chi connectivity index (χ4v) is 2.83. The van der Waals surface area contributed by atoms with Crippen LogP contribution in [0.3, 0.4) is 0 Å². The van der Waals surface area contributed by atoms with Crippen LogP contribution in [0.1, 0.15) is 41.3 Å². The van der Waals surface area contributed by atoms with Crippen LogP contribution in [-0.2, 0) is 0 Å². The van der Waals surface area contributed by atoms with Gasteiger partial charge in [-0.3, -0.25) is 0 Å². The second-order valence-electron chi connectivity index (χ2n) is 3.89. The predicted molar refractivity (Wildman–Crippen MR) is 64.8 cm³/mol. The van der Waals surface area contributed by atoms with Gasteiger partial charge in [-0.2, -0.15) is 0 Å². The molecule has 0 fully saturated rings. The van der Waals surface area contributed by atoms with Crippen molar-refractivity contribution in [2.75, 3.05) is 0 Å². The molecule has 0 saturated heterocycles. The Kier molecular flexibility index (Phi) is 4.47. The van der Waals surface area contributed by atoms with Crippen LogP contribution in [0.2, 0.25) is 0 Å². The van der Waals surface area contributed by atoms with Gasteiger partial charge < -0.3 is 0 Å². The van der Waals surface area contributed by atoms with E-state index in [0.717, 1.165) is 5.92 Å². The molecular formula is C11H17BrS. The van der Waals surface area contributed by atoms with Gasteiger partial charge in [0.05, 0.1) is 0 Å². The van der Waals surface area contributed by atoms with Gasteiger partial charge in [-0.1, -0.05) is 29.8 Å². The summed E-state index contributed by atoms with van der Waals surface area (Å²) in [5, 5.41) is 0. The van der Waals surface area contributed by atoms with E-state index < -0.39 is 0 Å². The van der Waals surface area contributed by atoms with Crippen LogP contribution < -0.4 is 0 Å². The molecular weight excluding hydrogens is 244 g/mol. The highest BCUT2D eigenvalue weighted by molar-refractivity contribution is 9.09. The van der Waals surface area contributed by atoms with Gasteiger partial charge in [-0.15, -0.1) is 11.3 Å². The van der Waals surface area contributed by atoms with E-state index in [1.807, 2.05) is 11.3 Å². The van der Waals surface area contributed by atoms with E-state index in [-0.39, 0.29) is 0 Å². The Morgan fingerprint density at radius 1 is 1.31 bits per heavy atom. The second kappa shape index (κ2) is 5.16. The van der Waals surface area contributed by atoms with Crippen LogP contribution in [0.15, 0.2) is 12.1 Å². The van der Waals surface area contributed by atoms with Crippen LogP contribution in [0.4, 0.5) is 0 Å². The van der Waals surface area contributed by atoms with E-state index in [0.29, 0.717) is 4.83 Å². The summed E-state index contributed by atoms with van der Waals surface area (Å²) in [5.41, 5.74) is 0. The zero-order valence-corrected chi connectivity index (χ0v) is 10.9. The molecule has 1 unspecified atom stereocenters. The average molecular weight is 261 g/mol. The first-order chi connectivity index (χ1) is 6.09. The van der Waals surface area contributed by atoms with Crippen molar-refractivity contribution in [2.24, 2.45) is 5.92 Å². The molecule has 0 aliphatic heterocycles. The lowest BCUT2D eigenvalue weighted by Crippen LogP contribution is -1.91. The second-order valence-corrected chi connectivity index (χ2v) is 6.31. The highest BCUT2D eigenvalue weighted by Gasteiger charge is 2.09. The van der Waals surface area contributed by atoms with Crippen molar-refractivity contribution in [3.05, 3.63) is 21.9 Å². The standard InChI is InChI=1S/C11H17BrS/c1-8(2)4-6-10(12)11-7-5-9(3)13-11/h5,7-8,10H,4,6H2,1-3H3. The summed E-state index contributed by atoms with van der Waals surface area (Å²) in [6.45, 7) is 6.72. The van der Waals surface area contributed by atoms with Crippen molar-refractivity contribution in [3.63, 3.8) is 0 Å². The third-order valence-corrected chi connectivity index (χ3v) is 4.44. The van der Waals surface area contributed by atoms with Gasteiger partial charge in [0.25, 0.3) is 0 Å².